The van der Waals surface area contributed by atoms with Crippen LogP contribution in [0, 0.1) is 5.92 Å². The van der Waals surface area contributed by atoms with E-state index in [1.54, 1.807) is 12.5 Å². The Bertz CT molecular complexity index is 622. The summed E-state index contributed by atoms with van der Waals surface area (Å²) in [5.74, 6) is 0.993. The fourth-order valence-electron chi connectivity index (χ4n) is 2.69. The van der Waals surface area contributed by atoms with Gasteiger partial charge in [-0.1, -0.05) is 6.07 Å². The number of ether oxygens (including phenoxy) is 1. The van der Waals surface area contributed by atoms with Gasteiger partial charge < -0.3 is 4.74 Å². The lowest BCUT2D eigenvalue weighted by atomic mass is 10.0. The number of cyclic esters (lactones) is 1. The van der Waals surface area contributed by atoms with Crippen molar-refractivity contribution >= 4 is 5.97 Å². The van der Waals surface area contributed by atoms with Gasteiger partial charge in [0.2, 0.25) is 0 Å². The number of imidazole rings is 1. The van der Waals surface area contributed by atoms with Crippen molar-refractivity contribution in [2.24, 2.45) is 5.92 Å². The van der Waals surface area contributed by atoms with Gasteiger partial charge in [-0.25, -0.2) is 9.97 Å². The highest BCUT2D eigenvalue weighted by Crippen LogP contribution is 2.58. The van der Waals surface area contributed by atoms with Crippen LogP contribution in [0.4, 0.5) is 0 Å². The van der Waals surface area contributed by atoms with Crippen molar-refractivity contribution in [1.29, 1.82) is 0 Å². The predicted octanol–water partition coefficient (Wildman–Crippen LogP) is 1.08. The Hall–Kier alpha value is -2.17. The van der Waals surface area contributed by atoms with Crippen molar-refractivity contribution in [2.45, 2.75) is 11.8 Å². The molecule has 2 atom stereocenters. The van der Waals surface area contributed by atoms with Crippen molar-refractivity contribution in [2.75, 3.05) is 6.61 Å². The van der Waals surface area contributed by atoms with Gasteiger partial charge in [0.05, 0.1) is 12.3 Å². The van der Waals surface area contributed by atoms with E-state index in [2.05, 4.69) is 9.97 Å². The molecule has 3 heterocycles. The monoisotopic (exact) mass is 241 g/mol. The molecule has 1 saturated carbocycles. The van der Waals surface area contributed by atoms with Crippen molar-refractivity contribution < 1.29 is 9.53 Å². The van der Waals surface area contributed by atoms with E-state index in [1.165, 1.54) is 0 Å². The fourth-order valence-corrected chi connectivity index (χ4v) is 2.69. The largest absolute Gasteiger partial charge is 0.465 e. The molecule has 2 fully saturated rings. The minimum Gasteiger partial charge on any atom is -0.465 e. The first kappa shape index (κ1) is 9.82. The van der Waals surface area contributed by atoms with Crippen molar-refractivity contribution in [3.63, 3.8) is 0 Å². The topological polar surface area (TPSA) is 57.0 Å². The van der Waals surface area contributed by atoms with Crippen LogP contribution >= 0.6 is 0 Å². The van der Waals surface area contributed by atoms with Gasteiger partial charge in [-0.15, -0.1) is 0 Å². The van der Waals surface area contributed by atoms with Gasteiger partial charge in [0.25, 0.3) is 0 Å². The van der Waals surface area contributed by atoms with Crippen LogP contribution < -0.4 is 0 Å². The summed E-state index contributed by atoms with van der Waals surface area (Å²) in [5, 5.41) is 0. The van der Waals surface area contributed by atoms with E-state index in [1.807, 2.05) is 29.0 Å². The minimum absolute atomic E-state index is 0.126. The SMILES string of the molecule is O=C1OC[C@H]2C[C@@]12c1cn(-c2ccccn2)cn1. The summed E-state index contributed by atoms with van der Waals surface area (Å²) in [6.45, 7) is 0.537. The average Bonchev–Trinajstić information content (AvgIpc) is 2.80. The van der Waals surface area contributed by atoms with Gasteiger partial charge in [-0.05, 0) is 18.6 Å². The molecule has 2 aromatic heterocycles. The van der Waals surface area contributed by atoms with Crippen molar-refractivity contribution in [3.05, 3.63) is 42.6 Å². The van der Waals surface area contributed by atoms with E-state index >= 15 is 0 Å². The van der Waals surface area contributed by atoms with Crippen LogP contribution in [-0.4, -0.2) is 27.1 Å². The van der Waals surface area contributed by atoms with Crippen LogP contribution in [0.5, 0.6) is 0 Å². The second-order valence-electron chi connectivity index (χ2n) is 4.82. The van der Waals surface area contributed by atoms with E-state index in [9.17, 15) is 4.79 Å². The average molecular weight is 241 g/mol. The first-order valence-corrected chi connectivity index (χ1v) is 5.94. The summed E-state index contributed by atoms with van der Waals surface area (Å²) < 4.78 is 6.92. The highest BCUT2D eigenvalue weighted by molar-refractivity contribution is 5.89. The highest BCUT2D eigenvalue weighted by atomic mass is 16.5. The van der Waals surface area contributed by atoms with Crippen LogP contribution in [-0.2, 0) is 14.9 Å². The van der Waals surface area contributed by atoms with E-state index in [-0.39, 0.29) is 5.97 Å². The second kappa shape index (κ2) is 3.19. The summed E-state index contributed by atoms with van der Waals surface area (Å²) in [4.78, 5) is 20.4. The first-order chi connectivity index (χ1) is 8.80. The van der Waals surface area contributed by atoms with Gasteiger partial charge in [-0.3, -0.25) is 9.36 Å². The second-order valence-corrected chi connectivity index (χ2v) is 4.82. The van der Waals surface area contributed by atoms with E-state index < -0.39 is 5.41 Å². The Morgan fingerprint density at radius 3 is 3.00 bits per heavy atom. The Morgan fingerprint density at radius 1 is 1.39 bits per heavy atom. The highest BCUT2D eigenvalue weighted by Gasteiger charge is 2.68. The zero-order valence-corrected chi connectivity index (χ0v) is 9.61. The molecule has 0 aromatic carbocycles. The number of carbonyl (C=O) groups excluding carboxylic acids is 1. The molecule has 1 saturated heterocycles. The number of nitrogens with zero attached hydrogens (tertiary/aromatic N) is 3. The number of hydrogen-bond donors (Lipinski definition) is 0. The number of rotatable bonds is 2. The molecule has 4 rings (SSSR count). The third-order valence-electron chi connectivity index (χ3n) is 3.84. The van der Waals surface area contributed by atoms with E-state index in [4.69, 9.17) is 4.74 Å². The lowest BCUT2D eigenvalue weighted by Gasteiger charge is -2.04. The minimum atomic E-state index is -0.458. The zero-order valence-electron chi connectivity index (χ0n) is 9.61. The molecule has 0 radical (unpaired) electrons. The van der Waals surface area contributed by atoms with Crippen LogP contribution in [0.1, 0.15) is 12.1 Å². The van der Waals surface area contributed by atoms with Gasteiger partial charge in [0.15, 0.2) is 0 Å². The molecule has 0 amide bonds. The molecule has 0 spiro atoms. The lowest BCUT2D eigenvalue weighted by molar-refractivity contribution is -0.142. The molecule has 5 heteroatoms. The summed E-state index contributed by atoms with van der Waals surface area (Å²) >= 11 is 0. The maximum absolute atomic E-state index is 11.8. The van der Waals surface area contributed by atoms with E-state index in [0.717, 1.165) is 17.9 Å². The van der Waals surface area contributed by atoms with Gasteiger partial charge in [0.1, 0.15) is 17.6 Å². The third-order valence-corrected chi connectivity index (χ3v) is 3.84. The molecule has 2 aliphatic rings. The molecule has 2 aromatic rings. The summed E-state index contributed by atoms with van der Waals surface area (Å²) in [7, 11) is 0. The molecule has 0 N–H and O–H groups in total. The zero-order chi connectivity index (χ0) is 12.2. The van der Waals surface area contributed by atoms with Gasteiger partial charge in [-0.2, -0.15) is 0 Å². The van der Waals surface area contributed by atoms with Crippen LogP contribution in [0.2, 0.25) is 0 Å². The molecular weight excluding hydrogens is 230 g/mol. The first-order valence-electron chi connectivity index (χ1n) is 5.94. The van der Waals surface area contributed by atoms with E-state index in [0.29, 0.717) is 12.5 Å². The van der Waals surface area contributed by atoms with Crippen molar-refractivity contribution in [3.8, 4) is 5.82 Å². The Kier molecular flexibility index (Phi) is 1.74. The molecule has 1 aliphatic carbocycles. The number of aromatic nitrogens is 3. The molecule has 18 heavy (non-hydrogen) atoms. The number of esters is 1. The lowest BCUT2D eigenvalue weighted by Crippen LogP contribution is -2.19. The summed E-state index contributed by atoms with van der Waals surface area (Å²) in [6.07, 6.45) is 6.18. The quantitative estimate of drug-likeness (QED) is 0.738. The molecule has 5 nitrogen and oxygen atoms in total. The van der Waals surface area contributed by atoms with Gasteiger partial charge in [0, 0.05) is 18.3 Å². The van der Waals surface area contributed by atoms with Crippen LogP contribution in [0.25, 0.3) is 5.82 Å². The Labute approximate surface area is 103 Å². The molecule has 0 unspecified atom stereocenters. The van der Waals surface area contributed by atoms with Crippen molar-refractivity contribution in [1.82, 2.24) is 14.5 Å². The van der Waals surface area contributed by atoms with Crippen LogP contribution in [0.3, 0.4) is 0 Å². The number of pyridine rings is 1. The summed E-state index contributed by atoms with van der Waals surface area (Å²) in [6, 6.07) is 5.69. The Morgan fingerprint density at radius 2 is 2.33 bits per heavy atom. The number of carbonyl (C=O) groups is 1. The summed E-state index contributed by atoms with van der Waals surface area (Å²) in [5.41, 5.74) is 0.348. The molecular formula is C13H11N3O2. The van der Waals surface area contributed by atoms with Crippen LogP contribution in [0.15, 0.2) is 36.9 Å². The standard InChI is InChI=1S/C13H11N3O2/c17-12-13(5-9(13)7-18-12)10-6-16(8-15-10)11-3-1-2-4-14-11/h1-4,6,8-9H,5,7H2/t9-,13-/m1/s1. The molecule has 1 aliphatic heterocycles. The molecule has 90 valence electrons. The third kappa shape index (κ3) is 1.13. The fraction of sp³-hybridized carbons (Fsp3) is 0.308. The maximum Gasteiger partial charge on any atom is 0.318 e. The number of fused-ring (bicyclic) bond motifs is 1. The Balaban J connectivity index is 1.74. The number of hydrogen-bond acceptors (Lipinski definition) is 4. The van der Waals surface area contributed by atoms with Gasteiger partial charge >= 0.3 is 5.97 Å². The predicted molar refractivity (Wildman–Crippen MR) is 62.1 cm³/mol. The smallest absolute Gasteiger partial charge is 0.318 e. The normalized spacial score (nSPS) is 28.9. The maximum atomic E-state index is 11.8. The molecule has 0 bridgehead atoms.